The number of hydrogen-bond donors (Lipinski definition) is 1. The van der Waals surface area contributed by atoms with Crippen LogP contribution >= 0.6 is 0 Å². The smallest absolute Gasteiger partial charge is 0.146 e. The number of halogens is 1. The summed E-state index contributed by atoms with van der Waals surface area (Å²) in [5, 5.41) is 0. The summed E-state index contributed by atoms with van der Waals surface area (Å²) in [4.78, 5) is 1.97. The second-order valence-corrected chi connectivity index (χ2v) is 4.53. The Morgan fingerprint density at radius 3 is 2.47 bits per heavy atom. The lowest BCUT2D eigenvalue weighted by Crippen LogP contribution is -2.31. The minimum Gasteiger partial charge on any atom is -0.363 e. The van der Waals surface area contributed by atoms with E-state index in [1.54, 1.807) is 12.1 Å². The first kappa shape index (κ1) is 13.7. The Bertz CT molecular complexity index is 386. The van der Waals surface area contributed by atoms with Gasteiger partial charge in [0.25, 0.3) is 0 Å². The number of nitrogens with zero attached hydrogens (tertiary/aromatic N) is 1. The largest absolute Gasteiger partial charge is 0.363 e. The van der Waals surface area contributed by atoms with Crippen molar-refractivity contribution in [2.75, 3.05) is 11.4 Å². The fourth-order valence-corrected chi connectivity index (χ4v) is 1.77. The van der Waals surface area contributed by atoms with E-state index in [2.05, 4.69) is 6.58 Å². The molecule has 0 heterocycles. The molecule has 1 atom stereocenters. The lowest BCUT2D eigenvalue weighted by molar-refractivity contribution is 0.604. The highest BCUT2D eigenvalue weighted by atomic mass is 19.1. The van der Waals surface area contributed by atoms with Gasteiger partial charge in [-0.3, -0.25) is 0 Å². The Balaban J connectivity index is 3.08. The van der Waals surface area contributed by atoms with Crippen LogP contribution in [0, 0.1) is 5.82 Å². The third-order valence-corrected chi connectivity index (χ3v) is 2.76. The van der Waals surface area contributed by atoms with Crippen molar-refractivity contribution in [3.05, 3.63) is 42.2 Å². The van der Waals surface area contributed by atoms with Gasteiger partial charge >= 0.3 is 0 Å². The zero-order valence-corrected chi connectivity index (χ0v) is 10.8. The maximum atomic E-state index is 14.0. The van der Waals surface area contributed by atoms with E-state index in [0.717, 1.165) is 5.56 Å². The van der Waals surface area contributed by atoms with E-state index in [1.807, 2.05) is 31.7 Å². The van der Waals surface area contributed by atoms with E-state index >= 15 is 0 Å². The Labute approximate surface area is 103 Å². The summed E-state index contributed by atoms with van der Waals surface area (Å²) in [7, 11) is 0. The fraction of sp³-hybridized carbons (Fsp3) is 0.429. The van der Waals surface area contributed by atoms with Crippen molar-refractivity contribution >= 4 is 5.69 Å². The topological polar surface area (TPSA) is 29.3 Å². The van der Waals surface area contributed by atoms with Crippen molar-refractivity contribution in [3.63, 3.8) is 0 Å². The molecule has 0 aliphatic heterocycles. The van der Waals surface area contributed by atoms with Gasteiger partial charge in [-0.1, -0.05) is 12.1 Å². The monoisotopic (exact) mass is 236 g/mol. The first-order valence-corrected chi connectivity index (χ1v) is 5.90. The van der Waals surface area contributed by atoms with Crippen LogP contribution in [0.4, 0.5) is 10.1 Å². The molecule has 0 radical (unpaired) electrons. The number of hydrogen-bond acceptors (Lipinski definition) is 2. The zero-order valence-electron chi connectivity index (χ0n) is 10.8. The summed E-state index contributed by atoms with van der Waals surface area (Å²) in [5.41, 5.74) is 7.15. The van der Waals surface area contributed by atoms with Crippen molar-refractivity contribution in [2.45, 2.75) is 32.9 Å². The molecule has 17 heavy (non-hydrogen) atoms. The maximum absolute atomic E-state index is 14.0. The summed E-state index contributed by atoms with van der Waals surface area (Å²) in [6.45, 7) is 10.2. The lowest BCUT2D eigenvalue weighted by atomic mass is 10.1. The van der Waals surface area contributed by atoms with Gasteiger partial charge in [0.2, 0.25) is 0 Å². The highest BCUT2D eigenvalue weighted by molar-refractivity contribution is 5.50. The van der Waals surface area contributed by atoms with Crippen LogP contribution in [-0.4, -0.2) is 12.6 Å². The van der Waals surface area contributed by atoms with E-state index in [0.29, 0.717) is 12.2 Å². The first-order chi connectivity index (χ1) is 7.97. The van der Waals surface area contributed by atoms with Crippen LogP contribution in [0.3, 0.4) is 0 Å². The van der Waals surface area contributed by atoms with E-state index in [1.165, 1.54) is 6.07 Å². The average molecular weight is 236 g/mol. The molecular formula is C14H21FN2. The minimum absolute atomic E-state index is 0.148. The molecule has 2 nitrogen and oxygen atoms in total. The molecule has 0 fully saturated rings. The Kier molecular flexibility index (Phi) is 4.70. The Morgan fingerprint density at radius 1 is 1.41 bits per heavy atom. The molecule has 1 unspecified atom stereocenters. The SMILES string of the molecule is C=CCN(c1ccc(C(C)N)cc1F)C(C)C. The van der Waals surface area contributed by atoms with Gasteiger partial charge in [0.15, 0.2) is 0 Å². The third-order valence-electron chi connectivity index (χ3n) is 2.76. The molecule has 0 aromatic heterocycles. The van der Waals surface area contributed by atoms with Gasteiger partial charge in [0.1, 0.15) is 5.82 Å². The van der Waals surface area contributed by atoms with Gasteiger partial charge in [0, 0.05) is 18.6 Å². The number of nitrogens with two attached hydrogens (primary N) is 1. The predicted octanol–water partition coefficient (Wildman–Crippen LogP) is 3.25. The summed E-state index contributed by atoms with van der Waals surface area (Å²) in [5.74, 6) is -0.227. The molecule has 2 N–H and O–H groups in total. The molecule has 0 spiro atoms. The molecule has 1 aromatic rings. The van der Waals surface area contributed by atoms with E-state index in [9.17, 15) is 4.39 Å². The number of rotatable bonds is 5. The van der Waals surface area contributed by atoms with Crippen LogP contribution in [0.1, 0.15) is 32.4 Å². The number of anilines is 1. The molecule has 3 heteroatoms. The van der Waals surface area contributed by atoms with Crippen LogP contribution in [0.5, 0.6) is 0 Å². The van der Waals surface area contributed by atoms with Crippen LogP contribution in [0.25, 0.3) is 0 Å². The molecule has 0 aliphatic carbocycles. The van der Waals surface area contributed by atoms with Crippen molar-refractivity contribution in [2.24, 2.45) is 5.73 Å². The van der Waals surface area contributed by atoms with E-state index in [4.69, 9.17) is 5.73 Å². The maximum Gasteiger partial charge on any atom is 0.146 e. The highest BCUT2D eigenvalue weighted by Gasteiger charge is 2.14. The normalized spacial score (nSPS) is 12.6. The molecule has 0 aliphatic rings. The van der Waals surface area contributed by atoms with Gasteiger partial charge in [-0.2, -0.15) is 0 Å². The van der Waals surface area contributed by atoms with Crippen molar-refractivity contribution < 1.29 is 4.39 Å². The van der Waals surface area contributed by atoms with E-state index in [-0.39, 0.29) is 17.9 Å². The Hall–Kier alpha value is -1.35. The van der Waals surface area contributed by atoms with Gasteiger partial charge in [0.05, 0.1) is 5.69 Å². The first-order valence-electron chi connectivity index (χ1n) is 5.90. The van der Waals surface area contributed by atoms with E-state index < -0.39 is 0 Å². The van der Waals surface area contributed by atoms with Crippen LogP contribution in [0.2, 0.25) is 0 Å². The van der Waals surface area contributed by atoms with Crippen LogP contribution < -0.4 is 10.6 Å². The summed E-state index contributed by atoms with van der Waals surface area (Å²) in [6.07, 6.45) is 1.78. The molecule has 1 rings (SSSR count). The fourth-order valence-electron chi connectivity index (χ4n) is 1.77. The number of benzene rings is 1. The quantitative estimate of drug-likeness (QED) is 0.795. The van der Waals surface area contributed by atoms with Gasteiger partial charge < -0.3 is 10.6 Å². The van der Waals surface area contributed by atoms with Crippen LogP contribution in [-0.2, 0) is 0 Å². The lowest BCUT2D eigenvalue weighted by Gasteiger charge is -2.28. The van der Waals surface area contributed by atoms with Gasteiger partial charge in [-0.15, -0.1) is 6.58 Å². The second-order valence-electron chi connectivity index (χ2n) is 4.53. The standard InChI is InChI=1S/C14H21FN2/c1-5-8-17(10(2)3)14-7-6-12(11(4)16)9-13(14)15/h5-7,9-11H,1,8,16H2,2-4H3. The average Bonchev–Trinajstić information content (AvgIpc) is 2.26. The second kappa shape index (κ2) is 5.82. The van der Waals surface area contributed by atoms with Crippen LogP contribution in [0.15, 0.2) is 30.9 Å². The summed E-state index contributed by atoms with van der Waals surface area (Å²) < 4.78 is 14.0. The highest BCUT2D eigenvalue weighted by Crippen LogP contribution is 2.24. The molecular weight excluding hydrogens is 215 g/mol. The van der Waals surface area contributed by atoms with Crippen molar-refractivity contribution in [3.8, 4) is 0 Å². The van der Waals surface area contributed by atoms with Gasteiger partial charge in [-0.25, -0.2) is 4.39 Å². The molecule has 0 amide bonds. The molecule has 0 saturated carbocycles. The molecule has 1 aromatic carbocycles. The van der Waals surface area contributed by atoms with Gasteiger partial charge in [-0.05, 0) is 38.5 Å². The summed E-state index contributed by atoms with van der Waals surface area (Å²) >= 11 is 0. The molecule has 94 valence electrons. The third kappa shape index (κ3) is 3.30. The predicted molar refractivity (Wildman–Crippen MR) is 71.7 cm³/mol. The molecule has 0 bridgehead atoms. The Morgan fingerprint density at radius 2 is 2.06 bits per heavy atom. The minimum atomic E-state index is -0.227. The van der Waals surface area contributed by atoms with Crippen molar-refractivity contribution in [1.29, 1.82) is 0 Å². The summed E-state index contributed by atoms with van der Waals surface area (Å²) in [6, 6.07) is 5.26. The molecule has 0 saturated heterocycles. The zero-order chi connectivity index (χ0) is 13.0. The van der Waals surface area contributed by atoms with Crippen molar-refractivity contribution in [1.82, 2.24) is 0 Å².